The van der Waals surface area contributed by atoms with Crippen molar-refractivity contribution in [2.75, 3.05) is 39.3 Å². The summed E-state index contributed by atoms with van der Waals surface area (Å²) in [6.45, 7) is 10.3. The Hall–Kier alpha value is -1.35. The van der Waals surface area contributed by atoms with Gasteiger partial charge >= 0.3 is 0 Å². The fourth-order valence-electron chi connectivity index (χ4n) is 3.82. The number of hydrogen-bond donors (Lipinski definition) is 3. The summed E-state index contributed by atoms with van der Waals surface area (Å²) in [7, 11) is 0. The largest absolute Gasteiger partial charge is 0.361 e. The lowest BCUT2D eigenvalue weighted by molar-refractivity contribution is 0.186. The number of aromatic nitrogens is 1. The summed E-state index contributed by atoms with van der Waals surface area (Å²) in [4.78, 5) is 10.5. The molecule has 5 nitrogen and oxygen atoms in total. The minimum atomic E-state index is -0.195. The number of hydrogen-bond acceptors (Lipinski definition) is 2. The second kappa shape index (κ2) is 11.6. The molecule has 28 heavy (non-hydrogen) atoms. The number of nitrogens with zero attached hydrogens (tertiary/aromatic N) is 2. The molecule has 1 aliphatic rings. The minimum absolute atomic E-state index is 0. The van der Waals surface area contributed by atoms with Gasteiger partial charge in [0.2, 0.25) is 0 Å². The Morgan fingerprint density at radius 1 is 1.32 bits per heavy atom. The van der Waals surface area contributed by atoms with Gasteiger partial charge < -0.3 is 20.5 Å². The van der Waals surface area contributed by atoms with Gasteiger partial charge in [-0.05, 0) is 69.0 Å². The fourth-order valence-corrected chi connectivity index (χ4v) is 3.82. The van der Waals surface area contributed by atoms with Crippen LogP contribution in [0.15, 0.2) is 29.4 Å². The van der Waals surface area contributed by atoms with Gasteiger partial charge in [-0.2, -0.15) is 0 Å². The van der Waals surface area contributed by atoms with E-state index in [1.165, 1.54) is 25.5 Å². The van der Waals surface area contributed by atoms with Gasteiger partial charge in [-0.25, -0.2) is 4.39 Å². The normalized spacial score (nSPS) is 18.1. The van der Waals surface area contributed by atoms with Gasteiger partial charge in [0.1, 0.15) is 5.82 Å². The summed E-state index contributed by atoms with van der Waals surface area (Å²) < 4.78 is 13.5. The molecular formula is C21H33FIN5. The Morgan fingerprint density at radius 2 is 2.18 bits per heavy atom. The molecule has 0 bridgehead atoms. The van der Waals surface area contributed by atoms with Crippen LogP contribution in [-0.2, 0) is 6.42 Å². The molecule has 0 radical (unpaired) electrons. The third kappa shape index (κ3) is 6.34. The van der Waals surface area contributed by atoms with Crippen LogP contribution in [0.5, 0.6) is 0 Å². The van der Waals surface area contributed by atoms with E-state index in [1.54, 1.807) is 12.1 Å². The Labute approximate surface area is 184 Å². The second-order valence-corrected chi connectivity index (χ2v) is 7.30. The van der Waals surface area contributed by atoms with Crippen molar-refractivity contribution >= 4 is 40.8 Å². The maximum atomic E-state index is 13.5. The maximum Gasteiger partial charge on any atom is 0.191 e. The molecule has 3 rings (SSSR count). The third-order valence-electron chi connectivity index (χ3n) is 5.32. The number of benzene rings is 1. The van der Waals surface area contributed by atoms with Crippen molar-refractivity contribution in [3.05, 3.63) is 35.8 Å². The van der Waals surface area contributed by atoms with Crippen LogP contribution in [0.25, 0.3) is 10.9 Å². The topological polar surface area (TPSA) is 55.5 Å². The van der Waals surface area contributed by atoms with E-state index < -0.39 is 0 Å². The SMILES string of the molecule is CCNC(=NCC1CCCN(CC)C1)NCCc1c[nH]c2ccc(F)cc12.I. The van der Waals surface area contributed by atoms with Crippen LogP contribution in [-0.4, -0.2) is 55.1 Å². The van der Waals surface area contributed by atoms with Crippen molar-refractivity contribution < 1.29 is 4.39 Å². The smallest absolute Gasteiger partial charge is 0.191 e. The van der Waals surface area contributed by atoms with Crippen LogP contribution in [0.1, 0.15) is 32.3 Å². The first-order chi connectivity index (χ1) is 13.2. The molecule has 7 heteroatoms. The van der Waals surface area contributed by atoms with Crippen LogP contribution >= 0.6 is 24.0 Å². The highest BCUT2D eigenvalue weighted by molar-refractivity contribution is 14.0. The fraction of sp³-hybridized carbons (Fsp3) is 0.571. The molecule has 1 aliphatic heterocycles. The van der Waals surface area contributed by atoms with E-state index in [0.717, 1.165) is 61.6 Å². The summed E-state index contributed by atoms with van der Waals surface area (Å²) in [6.07, 6.45) is 5.33. The van der Waals surface area contributed by atoms with Crippen LogP contribution in [0, 0.1) is 11.7 Å². The molecule has 0 aliphatic carbocycles. The first-order valence-electron chi connectivity index (χ1n) is 10.2. The number of H-pyrrole nitrogens is 1. The number of aromatic amines is 1. The van der Waals surface area contributed by atoms with Crippen molar-refractivity contribution in [2.24, 2.45) is 10.9 Å². The lowest BCUT2D eigenvalue weighted by Gasteiger charge is -2.31. The van der Waals surface area contributed by atoms with Crippen molar-refractivity contribution in [1.29, 1.82) is 0 Å². The molecule has 0 spiro atoms. The van der Waals surface area contributed by atoms with E-state index in [0.29, 0.717) is 5.92 Å². The van der Waals surface area contributed by atoms with Gasteiger partial charge in [0, 0.05) is 43.3 Å². The van der Waals surface area contributed by atoms with Gasteiger partial charge in [0.05, 0.1) is 0 Å². The average Bonchev–Trinajstić information content (AvgIpc) is 3.08. The van der Waals surface area contributed by atoms with E-state index in [1.807, 2.05) is 6.20 Å². The van der Waals surface area contributed by atoms with Crippen molar-refractivity contribution in [2.45, 2.75) is 33.1 Å². The molecule has 1 aromatic carbocycles. The molecule has 1 fully saturated rings. The van der Waals surface area contributed by atoms with E-state index >= 15 is 0 Å². The lowest BCUT2D eigenvalue weighted by atomic mass is 9.98. The maximum absolute atomic E-state index is 13.5. The predicted octanol–water partition coefficient (Wildman–Crippen LogP) is 3.75. The van der Waals surface area contributed by atoms with Gasteiger partial charge in [-0.1, -0.05) is 6.92 Å². The van der Waals surface area contributed by atoms with Crippen LogP contribution in [0.4, 0.5) is 4.39 Å². The highest BCUT2D eigenvalue weighted by Gasteiger charge is 2.18. The Bertz CT molecular complexity index is 760. The summed E-state index contributed by atoms with van der Waals surface area (Å²) in [5.74, 6) is 1.32. The average molecular weight is 501 g/mol. The molecule has 1 atom stereocenters. The quantitative estimate of drug-likeness (QED) is 0.308. The van der Waals surface area contributed by atoms with Gasteiger partial charge in [-0.15, -0.1) is 24.0 Å². The van der Waals surface area contributed by atoms with Crippen LogP contribution in [0.2, 0.25) is 0 Å². The van der Waals surface area contributed by atoms with E-state index in [9.17, 15) is 4.39 Å². The predicted molar refractivity (Wildman–Crippen MR) is 126 cm³/mol. The molecular weight excluding hydrogens is 468 g/mol. The Kier molecular flexibility index (Phi) is 9.50. The number of nitrogens with one attached hydrogen (secondary N) is 3. The molecule has 0 saturated carbocycles. The second-order valence-electron chi connectivity index (χ2n) is 7.30. The molecule has 0 amide bonds. The molecule has 2 aromatic rings. The summed E-state index contributed by atoms with van der Waals surface area (Å²) >= 11 is 0. The van der Waals surface area contributed by atoms with Crippen molar-refractivity contribution in [1.82, 2.24) is 20.5 Å². The Morgan fingerprint density at radius 3 is 2.96 bits per heavy atom. The Balaban J connectivity index is 0.00000280. The number of likely N-dealkylation sites (tertiary alicyclic amines) is 1. The van der Waals surface area contributed by atoms with E-state index in [4.69, 9.17) is 4.99 Å². The van der Waals surface area contributed by atoms with Gasteiger partial charge in [0.25, 0.3) is 0 Å². The summed E-state index contributed by atoms with van der Waals surface area (Å²) in [5.41, 5.74) is 2.10. The number of fused-ring (bicyclic) bond motifs is 1. The molecule has 1 saturated heterocycles. The summed E-state index contributed by atoms with van der Waals surface area (Å²) in [5, 5.41) is 7.71. The highest BCUT2D eigenvalue weighted by Crippen LogP contribution is 2.19. The number of halogens is 2. The number of rotatable bonds is 7. The zero-order valence-corrected chi connectivity index (χ0v) is 19.3. The first-order valence-corrected chi connectivity index (χ1v) is 10.2. The van der Waals surface area contributed by atoms with Crippen LogP contribution in [0.3, 0.4) is 0 Å². The van der Waals surface area contributed by atoms with E-state index in [-0.39, 0.29) is 29.8 Å². The zero-order valence-electron chi connectivity index (χ0n) is 16.9. The van der Waals surface area contributed by atoms with Gasteiger partial charge in [-0.3, -0.25) is 4.99 Å². The number of aliphatic imine (C=N–C) groups is 1. The van der Waals surface area contributed by atoms with Gasteiger partial charge in [0.15, 0.2) is 5.96 Å². The molecule has 156 valence electrons. The number of piperidine rings is 1. The molecule has 1 unspecified atom stereocenters. The number of guanidine groups is 1. The lowest BCUT2D eigenvalue weighted by Crippen LogP contribution is -2.40. The zero-order chi connectivity index (χ0) is 19.1. The van der Waals surface area contributed by atoms with E-state index in [2.05, 4.69) is 34.4 Å². The monoisotopic (exact) mass is 501 g/mol. The highest BCUT2D eigenvalue weighted by atomic mass is 127. The van der Waals surface area contributed by atoms with Crippen molar-refractivity contribution in [3.63, 3.8) is 0 Å². The molecule has 3 N–H and O–H groups in total. The third-order valence-corrected chi connectivity index (χ3v) is 5.32. The summed E-state index contributed by atoms with van der Waals surface area (Å²) in [6, 6.07) is 4.88. The standard InChI is InChI=1S/C21H32FN5.HI/c1-3-23-21(26-13-16-6-5-11-27(4-2)15-16)24-10-9-17-14-25-20-8-7-18(22)12-19(17)20;/h7-8,12,14,16,25H,3-6,9-11,13,15H2,1-2H3,(H2,23,24,26);1H. The molecule has 1 aromatic heterocycles. The first kappa shape index (κ1) is 22.9. The van der Waals surface area contributed by atoms with Crippen molar-refractivity contribution in [3.8, 4) is 0 Å². The van der Waals surface area contributed by atoms with Crippen LogP contribution < -0.4 is 10.6 Å². The minimum Gasteiger partial charge on any atom is -0.361 e. The molecule has 2 heterocycles.